The maximum Gasteiger partial charge on any atom is 0.238 e. The first-order valence-corrected chi connectivity index (χ1v) is 12.2. The Morgan fingerprint density at radius 2 is 1.81 bits per heavy atom. The summed E-state index contributed by atoms with van der Waals surface area (Å²) in [6, 6.07) is 17.4. The van der Waals surface area contributed by atoms with Gasteiger partial charge in [0.15, 0.2) is 5.96 Å². The molecule has 0 bridgehead atoms. The van der Waals surface area contributed by atoms with E-state index in [-0.39, 0.29) is 28.9 Å². The number of guanidine groups is 1. The number of benzene rings is 2. The van der Waals surface area contributed by atoms with E-state index in [0.29, 0.717) is 18.4 Å². The zero-order chi connectivity index (χ0) is 21.6. The van der Waals surface area contributed by atoms with Crippen molar-refractivity contribution in [1.29, 1.82) is 0 Å². The molecule has 0 radical (unpaired) electrons. The molecule has 8 heteroatoms. The van der Waals surface area contributed by atoms with Crippen LogP contribution in [-0.4, -0.2) is 38.9 Å². The standard InChI is InChI=1S/C23H32N4O2S.HI/c1-3-19-17-27(15-14-22(19)20-8-6-5-7-9-20)23(25-4-2)26-16-18-10-12-21(13-11-18)30(24,28)29;/h5-13,19,22H,3-4,14-17H2,1-2H3,(H,25,26)(H2,24,28,29);1H. The molecule has 1 aliphatic rings. The van der Waals surface area contributed by atoms with Gasteiger partial charge in [-0.05, 0) is 48.4 Å². The number of sulfonamides is 1. The fourth-order valence-corrected chi connectivity index (χ4v) is 4.67. The SMILES string of the molecule is CCNC(=NCc1ccc(S(N)(=O)=O)cc1)N1CCC(c2ccccc2)C(CC)C1.I. The van der Waals surface area contributed by atoms with E-state index in [1.165, 1.54) is 17.7 Å². The molecule has 2 atom stereocenters. The van der Waals surface area contributed by atoms with Crippen molar-refractivity contribution in [2.45, 2.75) is 44.0 Å². The molecule has 170 valence electrons. The van der Waals surface area contributed by atoms with Crippen molar-refractivity contribution in [3.05, 3.63) is 65.7 Å². The third-order valence-electron chi connectivity index (χ3n) is 5.78. The van der Waals surface area contributed by atoms with Gasteiger partial charge in [0.2, 0.25) is 10.0 Å². The van der Waals surface area contributed by atoms with Gasteiger partial charge in [0, 0.05) is 19.6 Å². The number of halogens is 1. The maximum atomic E-state index is 11.4. The highest BCUT2D eigenvalue weighted by atomic mass is 127. The van der Waals surface area contributed by atoms with Gasteiger partial charge in [-0.2, -0.15) is 0 Å². The fraction of sp³-hybridized carbons (Fsp3) is 0.435. The van der Waals surface area contributed by atoms with E-state index in [1.807, 2.05) is 0 Å². The normalized spacial score (nSPS) is 19.6. The number of aliphatic imine (C=N–C) groups is 1. The molecular weight excluding hydrogens is 523 g/mol. The van der Waals surface area contributed by atoms with Crippen molar-refractivity contribution in [2.75, 3.05) is 19.6 Å². The zero-order valence-electron chi connectivity index (χ0n) is 18.2. The Morgan fingerprint density at radius 1 is 1.13 bits per heavy atom. The highest BCUT2D eigenvalue weighted by Gasteiger charge is 2.30. The van der Waals surface area contributed by atoms with E-state index < -0.39 is 10.0 Å². The number of likely N-dealkylation sites (tertiary alicyclic amines) is 1. The average molecular weight is 557 g/mol. The number of nitrogens with one attached hydrogen (secondary N) is 1. The van der Waals surface area contributed by atoms with Crippen LogP contribution in [0.3, 0.4) is 0 Å². The summed E-state index contributed by atoms with van der Waals surface area (Å²) in [7, 11) is -3.67. The Bertz CT molecular complexity index is 949. The van der Waals surface area contributed by atoms with Crippen LogP contribution < -0.4 is 10.5 Å². The van der Waals surface area contributed by atoms with Gasteiger partial charge in [-0.3, -0.25) is 0 Å². The van der Waals surface area contributed by atoms with Gasteiger partial charge in [0.25, 0.3) is 0 Å². The van der Waals surface area contributed by atoms with Crippen LogP contribution >= 0.6 is 24.0 Å². The summed E-state index contributed by atoms with van der Waals surface area (Å²) in [5.74, 6) is 2.08. The highest BCUT2D eigenvalue weighted by molar-refractivity contribution is 14.0. The van der Waals surface area contributed by atoms with Crippen LogP contribution in [0.1, 0.15) is 43.7 Å². The lowest BCUT2D eigenvalue weighted by molar-refractivity contribution is 0.215. The smallest absolute Gasteiger partial charge is 0.238 e. The first kappa shape index (κ1) is 25.6. The van der Waals surface area contributed by atoms with E-state index in [1.54, 1.807) is 12.1 Å². The molecule has 0 saturated carbocycles. The number of nitrogens with two attached hydrogens (primary N) is 1. The van der Waals surface area contributed by atoms with Crippen LogP contribution in [-0.2, 0) is 16.6 Å². The van der Waals surface area contributed by atoms with Gasteiger partial charge < -0.3 is 10.2 Å². The Labute approximate surface area is 203 Å². The lowest BCUT2D eigenvalue weighted by Crippen LogP contribution is -2.48. The zero-order valence-corrected chi connectivity index (χ0v) is 21.3. The Balaban J connectivity index is 0.00000341. The van der Waals surface area contributed by atoms with Crippen molar-refractivity contribution in [3.63, 3.8) is 0 Å². The summed E-state index contributed by atoms with van der Waals surface area (Å²) in [6.07, 6.45) is 2.24. The summed E-state index contributed by atoms with van der Waals surface area (Å²) in [5, 5.41) is 8.59. The topological polar surface area (TPSA) is 87.8 Å². The molecule has 0 amide bonds. The lowest BCUT2D eigenvalue weighted by Gasteiger charge is -2.40. The summed E-state index contributed by atoms with van der Waals surface area (Å²) >= 11 is 0. The first-order chi connectivity index (χ1) is 14.4. The second-order valence-corrected chi connectivity index (χ2v) is 9.34. The summed E-state index contributed by atoms with van der Waals surface area (Å²) in [5.41, 5.74) is 2.38. The Kier molecular flexibility index (Phi) is 9.77. The van der Waals surface area contributed by atoms with Crippen molar-refractivity contribution in [3.8, 4) is 0 Å². The van der Waals surface area contributed by atoms with Crippen LogP contribution in [0.25, 0.3) is 0 Å². The molecule has 0 aromatic heterocycles. The van der Waals surface area contributed by atoms with E-state index in [4.69, 9.17) is 10.1 Å². The quantitative estimate of drug-likeness (QED) is 0.321. The van der Waals surface area contributed by atoms with E-state index in [0.717, 1.165) is 44.0 Å². The monoisotopic (exact) mass is 556 g/mol. The van der Waals surface area contributed by atoms with Crippen molar-refractivity contribution >= 4 is 40.0 Å². The van der Waals surface area contributed by atoms with Crippen LogP contribution in [0.4, 0.5) is 0 Å². The molecule has 1 fully saturated rings. The number of hydrogen-bond acceptors (Lipinski definition) is 3. The third-order valence-corrected chi connectivity index (χ3v) is 6.71. The van der Waals surface area contributed by atoms with Gasteiger partial charge >= 0.3 is 0 Å². The van der Waals surface area contributed by atoms with Gasteiger partial charge in [-0.1, -0.05) is 55.8 Å². The minimum absolute atomic E-state index is 0. The second kappa shape index (κ2) is 11.8. The summed E-state index contributed by atoms with van der Waals surface area (Å²) in [6.45, 7) is 7.57. The van der Waals surface area contributed by atoms with Gasteiger partial charge in [-0.25, -0.2) is 18.5 Å². The van der Waals surface area contributed by atoms with E-state index >= 15 is 0 Å². The second-order valence-electron chi connectivity index (χ2n) is 7.78. The number of rotatable bonds is 6. The van der Waals surface area contributed by atoms with Crippen LogP contribution in [0.5, 0.6) is 0 Å². The molecule has 6 nitrogen and oxygen atoms in total. The third kappa shape index (κ3) is 6.92. The van der Waals surface area contributed by atoms with Crippen LogP contribution in [0, 0.1) is 5.92 Å². The van der Waals surface area contributed by atoms with Gasteiger partial charge in [0.1, 0.15) is 0 Å². The largest absolute Gasteiger partial charge is 0.357 e. The minimum atomic E-state index is -3.67. The molecule has 2 aromatic carbocycles. The molecule has 31 heavy (non-hydrogen) atoms. The predicted molar refractivity (Wildman–Crippen MR) is 137 cm³/mol. The molecule has 1 saturated heterocycles. The molecular formula is C23H33IN4O2S. The van der Waals surface area contributed by atoms with Gasteiger partial charge in [0.05, 0.1) is 11.4 Å². The van der Waals surface area contributed by atoms with Crippen molar-refractivity contribution in [2.24, 2.45) is 16.0 Å². The first-order valence-electron chi connectivity index (χ1n) is 10.6. The molecule has 0 aliphatic carbocycles. The molecule has 1 heterocycles. The lowest BCUT2D eigenvalue weighted by atomic mass is 9.79. The number of hydrogen-bond donors (Lipinski definition) is 2. The number of nitrogens with zero attached hydrogens (tertiary/aromatic N) is 2. The molecule has 3 rings (SSSR count). The molecule has 2 unspecified atom stereocenters. The van der Waals surface area contributed by atoms with Crippen molar-refractivity contribution in [1.82, 2.24) is 10.2 Å². The van der Waals surface area contributed by atoms with Crippen LogP contribution in [0.15, 0.2) is 64.5 Å². The number of piperidine rings is 1. The maximum absolute atomic E-state index is 11.4. The Morgan fingerprint density at radius 3 is 2.39 bits per heavy atom. The Hall–Kier alpha value is -1.65. The number of primary sulfonamides is 1. The van der Waals surface area contributed by atoms with E-state index in [2.05, 4.69) is 54.4 Å². The molecule has 1 aliphatic heterocycles. The summed E-state index contributed by atoms with van der Waals surface area (Å²) in [4.78, 5) is 7.29. The molecule has 2 aromatic rings. The summed E-state index contributed by atoms with van der Waals surface area (Å²) < 4.78 is 22.8. The van der Waals surface area contributed by atoms with Crippen LogP contribution in [0.2, 0.25) is 0 Å². The predicted octanol–water partition coefficient (Wildman–Crippen LogP) is 3.93. The van der Waals surface area contributed by atoms with Gasteiger partial charge in [-0.15, -0.1) is 24.0 Å². The average Bonchev–Trinajstić information content (AvgIpc) is 2.76. The van der Waals surface area contributed by atoms with Crippen molar-refractivity contribution < 1.29 is 8.42 Å². The fourth-order valence-electron chi connectivity index (χ4n) is 4.15. The van der Waals surface area contributed by atoms with E-state index in [9.17, 15) is 8.42 Å². The molecule has 0 spiro atoms. The molecule has 3 N–H and O–H groups in total. The minimum Gasteiger partial charge on any atom is -0.357 e. The highest BCUT2D eigenvalue weighted by Crippen LogP contribution is 2.34.